The zero-order valence-corrected chi connectivity index (χ0v) is 14.3. The van der Waals surface area contributed by atoms with E-state index < -0.39 is 12.1 Å². The van der Waals surface area contributed by atoms with E-state index in [1.54, 1.807) is 6.07 Å². The van der Waals surface area contributed by atoms with Crippen molar-refractivity contribution in [1.82, 2.24) is 4.98 Å². The largest absolute Gasteiger partial charge is 0.476 e. The number of amides is 1. The fourth-order valence-corrected chi connectivity index (χ4v) is 3.42. The second-order valence-electron chi connectivity index (χ2n) is 6.16. The van der Waals surface area contributed by atoms with Gasteiger partial charge < -0.3 is 9.84 Å². The maximum absolute atomic E-state index is 12.2. The standard InChI is InChI=1S/C21H16N2O4/c24-20(25)19-18(10-5-11-22-19)23-21(26)27-12-17-15-8-3-1-6-13(15)14-7-2-4-9-16(14)17/h1-11,17H,12H2,(H,23,26)(H,24,25). The number of pyridine rings is 1. The van der Waals surface area contributed by atoms with Crippen LogP contribution in [0.4, 0.5) is 10.5 Å². The van der Waals surface area contributed by atoms with Gasteiger partial charge in [0.25, 0.3) is 0 Å². The van der Waals surface area contributed by atoms with Gasteiger partial charge in [-0.05, 0) is 34.4 Å². The maximum atomic E-state index is 12.2. The Balaban J connectivity index is 1.51. The molecule has 4 rings (SSSR count). The molecule has 6 nitrogen and oxygen atoms in total. The molecule has 0 atom stereocenters. The van der Waals surface area contributed by atoms with Crippen molar-refractivity contribution in [2.75, 3.05) is 11.9 Å². The van der Waals surface area contributed by atoms with Crippen LogP contribution in [0, 0.1) is 0 Å². The molecule has 1 aliphatic carbocycles. The van der Waals surface area contributed by atoms with Crippen LogP contribution in [0.5, 0.6) is 0 Å². The van der Waals surface area contributed by atoms with Gasteiger partial charge in [0.15, 0.2) is 5.69 Å². The predicted octanol–water partition coefficient (Wildman–Crippen LogP) is 4.14. The number of hydrogen-bond donors (Lipinski definition) is 2. The molecule has 0 saturated heterocycles. The smallest absolute Gasteiger partial charge is 0.411 e. The van der Waals surface area contributed by atoms with E-state index in [0.717, 1.165) is 22.3 Å². The Morgan fingerprint density at radius 3 is 2.22 bits per heavy atom. The highest BCUT2D eigenvalue weighted by Gasteiger charge is 2.29. The molecule has 27 heavy (non-hydrogen) atoms. The van der Waals surface area contributed by atoms with Crippen LogP contribution in [-0.4, -0.2) is 28.8 Å². The minimum atomic E-state index is -1.22. The molecule has 0 bridgehead atoms. The number of fused-ring (bicyclic) bond motifs is 3. The van der Waals surface area contributed by atoms with Gasteiger partial charge in [0.2, 0.25) is 0 Å². The van der Waals surface area contributed by atoms with Gasteiger partial charge >= 0.3 is 12.1 Å². The van der Waals surface area contributed by atoms with Gasteiger partial charge in [-0.3, -0.25) is 5.32 Å². The molecule has 0 radical (unpaired) electrons. The van der Waals surface area contributed by atoms with Gasteiger partial charge in [-0.15, -0.1) is 0 Å². The van der Waals surface area contributed by atoms with Crippen LogP contribution in [0.1, 0.15) is 27.5 Å². The Labute approximate surface area is 155 Å². The Kier molecular flexibility index (Phi) is 4.30. The molecule has 0 aliphatic heterocycles. The Morgan fingerprint density at radius 1 is 0.963 bits per heavy atom. The summed E-state index contributed by atoms with van der Waals surface area (Å²) in [5.74, 6) is -1.28. The molecule has 3 aromatic rings. The van der Waals surface area contributed by atoms with Crippen molar-refractivity contribution in [2.24, 2.45) is 0 Å². The van der Waals surface area contributed by atoms with E-state index in [0.29, 0.717) is 0 Å². The van der Waals surface area contributed by atoms with Gasteiger partial charge in [-0.25, -0.2) is 14.6 Å². The summed E-state index contributed by atoms with van der Waals surface area (Å²) >= 11 is 0. The Morgan fingerprint density at radius 2 is 1.59 bits per heavy atom. The molecular weight excluding hydrogens is 344 g/mol. The number of benzene rings is 2. The molecule has 6 heteroatoms. The first-order chi connectivity index (χ1) is 13.1. The van der Waals surface area contributed by atoms with Crippen LogP contribution in [0.2, 0.25) is 0 Å². The third kappa shape index (κ3) is 3.13. The number of nitrogens with zero attached hydrogens (tertiary/aromatic N) is 1. The molecule has 2 aromatic carbocycles. The summed E-state index contributed by atoms with van der Waals surface area (Å²) in [6.07, 6.45) is 0.638. The molecule has 134 valence electrons. The summed E-state index contributed by atoms with van der Waals surface area (Å²) in [7, 11) is 0. The van der Waals surface area contributed by atoms with Crippen molar-refractivity contribution in [3.8, 4) is 11.1 Å². The molecule has 2 N–H and O–H groups in total. The summed E-state index contributed by atoms with van der Waals surface area (Å²) in [6.45, 7) is 0.155. The van der Waals surface area contributed by atoms with Crippen molar-refractivity contribution in [1.29, 1.82) is 0 Å². The molecule has 1 aromatic heterocycles. The number of carboxylic acids is 1. The second-order valence-corrected chi connectivity index (χ2v) is 6.16. The van der Waals surface area contributed by atoms with Crippen LogP contribution in [0.15, 0.2) is 66.9 Å². The number of hydrogen-bond acceptors (Lipinski definition) is 4. The summed E-state index contributed by atoms with van der Waals surface area (Å²) < 4.78 is 5.41. The van der Waals surface area contributed by atoms with E-state index >= 15 is 0 Å². The van der Waals surface area contributed by atoms with Crippen molar-refractivity contribution in [2.45, 2.75) is 5.92 Å². The highest BCUT2D eigenvalue weighted by Crippen LogP contribution is 2.44. The zero-order chi connectivity index (χ0) is 18.8. The molecule has 0 unspecified atom stereocenters. The van der Waals surface area contributed by atoms with Crippen LogP contribution < -0.4 is 5.32 Å². The fraction of sp³-hybridized carbons (Fsp3) is 0.0952. The fourth-order valence-electron chi connectivity index (χ4n) is 3.42. The van der Waals surface area contributed by atoms with Gasteiger partial charge in [0.1, 0.15) is 6.61 Å². The lowest BCUT2D eigenvalue weighted by molar-refractivity contribution is 0.0691. The highest BCUT2D eigenvalue weighted by molar-refractivity contribution is 5.96. The van der Waals surface area contributed by atoms with E-state index in [2.05, 4.69) is 22.4 Å². The first-order valence-electron chi connectivity index (χ1n) is 8.45. The lowest BCUT2D eigenvalue weighted by Crippen LogP contribution is -2.19. The molecule has 0 fully saturated rings. The third-order valence-electron chi connectivity index (χ3n) is 4.59. The van der Waals surface area contributed by atoms with E-state index in [-0.39, 0.29) is 23.9 Å². The van der Waals surface area contributed by atoms with E-state index in [1.807, 2.05) is 36.4 Å². The lowest BCUT2D eigenvalue weighted by atomic mass is 9.98. The van der Waals surface area contributed by atoms with Crippen LogP contribution in [0.25, 0.3) is 11.1 Å². The average Bonchev–Trinajstić information content (AvgIpc) is 3.00. The Bertz CT molecular complexity index is 986. The number of carbonyl (C=O) groups excluding carboxylic acids is 1. The topological polar surface area (TPSA) is 88.5 Å². The van der Waals surface area contributed by atoms with Gasteiger partial charge in [0, 0.05) is 12.1 Å². The van der Waals surface area contributed by atoms with Crippen LogP contribution >= 0.6 is 0 Å². The summed E-state index contributed by atoms with van der Waals surface area (Å²) in [6, 6.07) is 19.1. The molecule has 1 amide bonds. The number of ether oxygens (including phenoxy) is 1. The zero-order valence-electron chi connectivity index (χ0n) is 14.3. The first kappa shape index (κ1) is 16.8. The van der Waals surface area contributed by atoms with Crippen molar-refractivity contribution in [3.05, 3.63) is 83.7 Å². The lowest BCUT2D eigenvalue weighted by Gasteiger charge is -2.15. The molecular formula is C21H16N2O4. The monoisotopic (exact) mass is 360 g/mol. The number of rotatable bonds is 4. The highest BCUT2D eigenvalue weighted by atomic mass is 16.5. The number of aromatic carboxylic acids is 1. The molecule has 0 saturated carbocycles. The predicted molar refractivity (Wildman–Crippen MR) is 99.9 cm³/mol. The van der Waals surface area contributed by atoms with Gasteiger partial charge in [-0.1, -0.05) is 48.5 Å². The number of anilines is 1. The summed E-state index contributed by atoms with van der Waals surface area (Å²) in [4.78, 5) is 27.2. The van der Waals surface area contributed by atoms with Crippen molar-refractivity contribution in [3.63, 3.8) is 0 Å². The molecule has 0 spiro atoms. The number of nitrogens with one attached hydrogen (secondary N) is 1. The molecule has 1 heterocycles. The normalized spacial score (nSPS) is 12.1. The maximum Gasteiger partial charge on any atom is 0.411 e. The molecule has 1 aliphatic rings. The average molecular weight is 360 g/mol. The number of carboxylic acid groups (broad SMARTS) is 1. The van der Waals surface area contributed by atoms with E-state index in [4.69, 9.17) is 9.84 Å². The van der Waals surface area contributed by atoms with Crippen molar-refractivity contribution < 1.29 is 19.4 Å². The van der Waals surface area contributed by atoms with Gasteiger partial charge in [0.05, 0.1) is 5.69 Å². The number of aromatic nitrogens is 1. The van der Waals surface area contributed by atoms with Gasteiger partial charge in [-0.2, -0.15) is 0 Å². The second kappa shape index (κ2) is 6.92. The minimum absolute atomic E-state index is 0.0593. The number of carbonyl (C=O) groups is 2. The minimum Gasteiger partial charge on any atom is -0.476 e. The quantitative estimate of drug-likeness (QED) is 0.730. The van der Waals surface area contributed by atoms with E-state index in [1.165, 1.54) is 12.3 Å². The van der Waals surface area contributed by atoms with E-state index in [9.17, 15) is 9.59 Å². The SMILES string of the molecule is O=C(Nc1cccnc1C(=O)O)OCC1c2ccccc2-c2ccccc21. The summed E-state index contributed by atoms with van der Waals surface area (Å²) in [5.41, 5.74) is 4.37. The van der Waals surface area contributed by atoms with Crippen LogP contribution in [-0.2, 0) is 4.74 Å². The van der Waals surface area contributed by atoms with Crippen molar-refractivity contribution >= 4 is 17.7 Å². The first-order valence-corrected chi connectivity index (χ1v) is 8.45. The Hall–Kier alpha value is -3.67. The summed E-state index contributed by atoms with van der Waals surface area (Å²) in [5, 5.41) is 11.6. The third-order valence-corrected chi connectivity index (χ3v) is 4.59. The van der Waals surface area contributed by atoms with Crippen LogP contribution in [0.3, 0.4) is 0 Å².